The zero-order valence-corrected chi connectivity index (χ0v) is 40.2. The van der Waals surface area contributed by atoms with Crippen LogP contribution in [0.1, 0.15) is 111 Å². The van der Waals surface area contributed by atoms with Gasteiger partial charge >= 0.3 is 0 Å². The van der Waals surface area contributed by atoms with E-state index in [-0.39, 0.29) is 73.3 Å². The monoisotopic (exact) mass is 928 g/mol. The number of amides is 4. The fourth-order valence-corrected chi connectivity index (χ4v) is 8.88. The summed E-state index contributed by atoms with van der Waals surface area (Å²) in [6.45, 7) is 12.1. The third-order valence-electron chi connectivity index (χ3n) is 12.4. The van der Waals surface area contributed by atoms with Gasteiger partial charge in [0.15, 0.2) is 23.0 Å². The number of nitrogens with one attached hydrogen (secondary N) is 2. The van der Waals surface area contributed by atoms with Crippen LogP contribution in [0, 0.1) is 11.8 Å². The van der Waals surface area contributed by atoms with Crippen LogP contribution < -0.4 is 39.1 Å². The summed E-state index contributed by atoms with van der Waals surface area (Å²) < 4.78 is 34.2. The van der Waals surface area contributed by atoms with Crippen molar-refractivity contribution in [1.82, 2.24) is 20.4 Å². The van der Waals surface area contributed by atoms with E-state index in [1.807, 2.05) is 102 Å². The molecule has 6 atom stereocenters. The van der Waals surface area contributed by atoms with Crippen molar-refractivity contribution in [3.63, 3.8) is 0 Å². The van der Waals surface area contributed by atoms with Gasteiger partial charge in [0.05, 0.1) is 35.4 Å². The lowest BCUT2D eigenvalue weighted by Gasteiger charge is -2.32. The molecule has 0 aliphatic carbocycles. The summed E-state index contributed by atoms with van der Waals surface area (Å²) in [5.74, 6) is 2.69. The van der Waals surface area contributed by atoms with E-state index in [9.17, 15) is 19.2 Å². The fourth-order valence-electron chi connectivity index (χ4n) is 8.88. The molecule has 4 heterocycles. The second-order valence-electron chi connectivity index (χ2n) is 18.3. The number of ether oxygens (including phenoxy) is 6. The summed E-state index contributed by atoms with van der Waals surface area (Å²) in [6.07, 6.45) is 10.5. The molecule has 14 heteroatoms. The molecule has 0 unspecified atom stereocenters. The smallest absolute Gasteiger partial charge is 0.258 e. The normalized spacial score (nSPS) is 24.1. The van der Waals surface area contributed by atoms with Crippen LogP contribution in [-0.4, -0.2) is 85.4 Å². The van der Waals surface area contributed by atoms with Gasteiger partial charge < -0.3 is 48.9 Å². The second-order valence-corrected chi connectivity index (χ2v) is 18.3. The summed E-state index contributed by atoms with van der Waals surface area (Å²) in [5, 5.41) is 6.37. The van der Waals surface area contributed by atoms with Crippen molar-refractivity contribution in [2.45, 2.75) is 104 Å². The molecule has 4 aromatic rings. The maximum absolute atomic E-state index is 13.5. The van der Waals surface area contributed by atoms with Gasteiger partial charge in [0.25, 0.3) is 11.8 Å². The molecule has 360 valence electrons. The van der Waals surface area contributed by atoms with Crippen molar-refractivity contribution in [2.24, 2.45) is 11.8 Å². The Bertz CT molecular complexity index is 2330. The van der Waals surface area contributed by atoms with Gasteiger partial charge in [0, 0.05) is 26.9 Å². The van der Waals surface area contributed by atoms with E-state index in [1.54, 1.807) is 38.4 Å². The van der Waals surface area contributed by atoms with E-state index in [0.717, 1.165) is 11.1 Å². The Labute approximate surface area is 399 Å². The average molecular weight is 929 g/mol. The number of hydrogen-bond acceptors (Lipinski definition) is 10. The van der Waals surface area contributed by atoms with E-state index in [4.69, 9.17) is 28.4 Å². The molecular formula is C54H64N4O10. The van der Waals surface area contributed by atoms with Gasteiger partial charge in [-0.3, -0.25) is 19.2 Å². The number of carbonyl (C=O) groups is 4. The molecular weight excluding hydrogens is 865 g/mol. The minimum Gasteiger partial charge on any atom is -0.490 e. The minimum absolute atomic E-state index is 0.0955. The van der Waals surface area contributed by atoms with Crippen LogP contribution in [0.4, 0.5) is 0 Å². The highest BCUT2D eigenvalue weighted by atomic mass is 16.7. The molecule has 0 fully saturated rings. The Kier molecular flexibility index (Phi) is 16.0. The van der Waals surface area contributed by atoms with Gasteiger partial charge in [0.2, 0.25) is 25.4 Å². The number of carbonyl (C=O) groups excluding carboxylic acids is 4. The Morgan fingerprint density at radius 1 is 0.485 bits per heavy atom. The zero-order valence-electron chi connectivity index (χ0n) is 40.2. The van der Waals surface area contributed by atoms with Gasteiger partial charge in [-0.05, 0) is 98.2 Å². The summed E-state index contributed by atoms with van der Waals surface area (Å²) in [5.41, 5.74) is 2.73. The first-order chi connectivity index (χ1) is 32.7. The predicted molar refractivity (Wildman–Crippen MR) is 258 cm³/mol. The largest absolute Gasteiger partial charge is 0.490 e. The fraction of sp³-hybridized carbons (Fsp3) is 0.407. The molecule has 2 N–H and O–H groups in total. The zero-order chi connectivity index (χ0) is 48.5. The topological polar surface area (TPSA) is 154 Å². The maximum Gasteiger partial charge on any atom is 0.258 e. The summed E-state index contributed by atoms with van der Waals surface area (Å²) in [7, 11) is 3.35. The minimum atomic E-state index is -0.651. The van der Waals surface area contributed by atoms with Crippen molar-refractivity contribution in [1.29, 1.82) is 0 Å². The van der Waals surface area contributed by atoms with Crippen molar-refractivity contribution in [3.8, 4) is 34.5 Å². The number of likely N-dealkylation sites (N-methyl/N-ethyl adjacent to an activating group) is 2. The quantitative estimate of drug-likeness (QED) is 0.190. The van der Waals surface area contributed by atoms with Gasteiger partial charge in [0.1, 0.15) is 23.6 Å². The van der Waals surface area contributed by atoms with E-state index in [0.29, 0.717) is 71.3 Å². The Balaban J connectivity index is 0.000000201. The van der Waals surface area contributed by atoms with Crippen molar-refractivity contribution >= 4 is 23.6 Å². The molecule has 0 aromatic heterocycles. The highest BCUT2D eigenvalue weighted by molar-refractivity contribution is 6.00. The van der Waals surface area contributed by atoms with E-state index in [1.165, 1.54) is 9.80 Å². The standard InChI is InChI=1S/2C27H32N2O5/c2*1-17(2)25-26(30)28-21(19-13-14-23-24(15-19)33-16-32-23)11-7-5-9-18(3)34-22-12-8-6-10-20(22)27(31)29(25)4/h2*5-8,10,12-15,17-18,21,25H,9,11,16H2,1-4H3,(H,28,30)/b7-5+;7-5-/t2*18-,21-,25-/m11/s1. The molecule has 68 heavy (non-hydrogen) atoms. The second kappa shape index (κ2) is 22.2. The molecule has 4 aliphatic rings. The summed E-state index contributed by atoms with van der Waals surface area (Å²) in [4.78, 5) is 57.1. The molecule has 0 saturated carbocycles. The molecule has 0 saturated heterocycles. The lowest BCUT2D eigenvalue weighted by atomic mass is 9.97. The van der Waals surface area contributed by atoms with Crippen molar-refractivity contribution < 1.29 is 47.6 Å². The Morgan fingerprint density at radius 3 is 1.25 bits per heavy atom. The SMILES string of the molecule is CC(C)[C@@H]1C(=O)N[C@@H](c2ccc3c(c2)OCO3)C/C=C/C[C@@H](C)Oc2ccccc2C(=O)N1C.CC(C)[C@@H]1C(=O)N[C@@H](c2ccc3c(c2)OCO3)C/C=C\C[C@@H](C)Oc2ccccc2C(=O)N1C. The van der Waals surface area contributed by atoms with Crippen LogP contribution in [0.25, 0.3) is 0 Å². The molecule has 0 radical (unpaired) electrons. The van der Waals surface area contributed by atoms with Crippen molar-refractivity contribution in [2.75, 3.05) is 27.7 Å². The van der Waals surface area contributed by atoms with Gasteiger partial charge in [-0.15, -0.1) is 0 Å². The first-order valence-corrected chi connectivity index (χ1v) is 23.5. The number of nitrogens with zero attached hydrogens (tertiary/aromatic N) is 2. The average Bonchev–Trinajstić information content (AvgIpc) is 4.00. The molecule has 4 aliphatic heterocycles. The highest BCUT2D eigenvalue weighted by Gasteiger charge is 2.35. The number of para-hydroxylation sites is 2. The number of benzene rings is 4. The van der Waals surface area contributed by atoms with Crippen LogP contribution in [0.2, 0.25) is 0 Å². The lowest BCUT2D eigenvalue weighted by Crippen LogP contribution is -2.51. The lowest BCUT2D eigenvalue weighted by molar-refractivity contribution is -0.128. The summed E-state index contributed by atoms with van der Waals surface area (Å²) in [6, 6.07) is 23.9. The Hall–Kier alpha value is -6.96. The van der Waals surface area contributed by atoms with Gasteiger partial charge in [-0.2, -0.15) is 0 Å². The first kappa shape index (κ1) is 49.0. The molecule has 8 rings (SSSR count). The predicted octanol–water partition coefficient (Wildman–Crippen LogP) is 8.97. The van der Waals surface area contributed by atoms with E-state index >= 15 is 0 Å². The molecule has 4 aromatic carbocycles. The third kappa shape index (κ3) is 11.6. The number of hydrogen-bond donors (Lipinski definition) is 2. The molecule has 0 spiro atoms. The highest BCUT2D eigenvalue weighted by Crippen LogP contribution is 2.37. The van der Waals surface area contributed by atoms with Crippen LogP contribution in [0.3, 0.4) is 0 Å². The number of fused-ring (bicyclic) bond motifs is 4. The van der Waals surface area contributed by atoms with Crippen LogP contribution in [0.5, 0.6) is 34.5 Å². The van der Waals surface area contributed by atoms with Crippen LogP contribution in [0.15, 0.2) is 109 Å². The number of rotatable bonds is 4. The van der Waals surface area contributed by atoms with E-state index in [2.05, 4.69) is 34.9 Å². The molecule has 0 bridgehead atoms. The van der Waals surface area contributed by atoms with Crippen LogP contribution >= 0.6 is 0 Å². The summed E-state index contributed by atoms with van der Waals surface area (Å²) >= 11 is 0. The molecule has 14 nitrogen and oxygen atoms in total. The first-order valence-electron chi connectivity index (χ1n) is 23.5. The van der Waals surface area contributed by atoms with Gasteiger partial charge in [-0.1, -0.05) is 88.4 Å². The maximum atomic E-state index is 13.5. The van der Waals surface area contributed by atoms with Crippen LogP contribution in [-0.2, 0) is 9.59 Å². The van der Waals surface area contributed by atoms with Crippen molar-refractivity contribution in [3.05, 3.63) is 131 Å². The van der Waals surface area contributed by atoms with Gasteiger partial charge in [-0.25, -0.2) is 0 Å². The third-order valence-corrected chi connectivity index (χ3v) is 12.4. The molecule has 4 amide bonds. The Morgan fingerprint density at radius 2 is 0.853 bits per heavy atom. The van der Waals surface area contributed by atoms with E-state index < -0.39 is 12.1 Å².